The quantitative estimate of drug-likeness (QED) is 0.695. The average molecular weight is 410 g/mol. The highest BCUT2D eigenvalue weighted by Crippen LogP contribution is 2.41. The second kappa shape index (κ2) is 8.63. The summed E-state index contributed by atoms with van der Waals surface area (Å²) in [4.78, 5) is 12.2. The van der Waals surface area contributed by atoms with Crippen LogP contribution in [0.25, 0.3) is 0 Å². The molecule has 1 unspecified atom stereocenters. The second-order valence-electron chi connectivity index (χ2n) is 7.11. The topological polar surface area (TPSA) is 82.1 Å². The maximum Gasteiger partial charge on any atom is 0.423 e. The lowest BCUT2D eigenvalue weighted by Crippen LogP contribution is -2.41. The van der Waals surface area contributed by atoms with Gasteiger partial charge in [0, 0.05) is 12.3 Å². The molecule has 1 spiro atoms. The van der Waals surface area contributed by atoms with Crippen molar-refractivity contribution >= 4 is 16.1 Å². The molecule has 28 heavy (non-hydrogen) atoms. The monoisotopic (exact) mass is 409 g/mol. The second-order valence-corrected chi connectivity index (χ2v) is 8.97. The van der Waals surface area contributed by atoms with Crippen LogP contribution in [0.15, 0.2) is 41.3 Å². The first kappa shape index (κ1) is 20.8. The first-order valence-corrected chi connectivity index (χ1v) is 10.9. The molecule has 8 heteroatoms. The lowest BCUT2D eigenvalue weighted by Gasteiger charge is -2.37. The number of methoxy groups -OCH3 is 1. The highest BCUT2D eigenvalue weighted by molar-refractivity contribution is 7.89. The number of carbonyl (C=O) groups is 1. The van der Waals surface area contributed by atoms with Crippen LogP contribution in [0.2, 0.25) is 0 Å². The number of sulfonamides is 1. The standard InChI is InChI=1S/C20H27NO6S/c1-16-8-10-18(11-9-16)28(23,24)21(19(22)25-2)13-5-7-17-6-3-4-12-20(17)26-14-15-27-20/h5,7-11,17H,3-4,6,12-15H2,1-2H3/b7-5+. The minimum atomic E-state index is -4.01. The normalized spacial score (nSPS) is 21.9. The number of hydrogen-bond acceptors (Lipinski definition) is 6. The smallest absolute Gasteiger partial charge is 0.423 e. The molecule has 2 aliphatic rings. The number of amides is 1. The molecule has 1 aliphatic carbocycles. The molecule has 1 amide bonds. The average Bonchev–Trinajstić information content (AvgIpc) is 3.15. The number of nitrogens with zero attached hydrogens (tertiary/aromatic N) is 1. The van der Waals surface area contributed by atoms with Crippen LogP contribution in [-0.4, -0.2) is 51.5 Å². The van der Waals surface area contributed by atoms with Gasteiger partial charge in [-0.05, 0) is 31.9 Å². The van der Waals surface area contributed by atoms with Crippen LogP contribution in [0.3, 0.4) is 0 Å². The Balaban J connectivity index is 1.78. The fourth-order valence-corrected chi connectivity index (χ4v) is 5.03. The molecule has 1 atom stereocenters. The third kappa shape index (κ3) is 4.24. The zero-order valence-corrected chi connectivity index (χ0v) is 17.1. The summed E-state index contributed by atoms with van der Waals surface area (Å²) in [5.41, 5.74) is 0.933. The third-order valence-corrected chi connectivity index (χ3v) is 7.00. The number of ether oxygens (including phenoxy) is 3. The van der Waals surface area contributed by atoms with Crippen molar-refractivity contribution in [2.24, 2.45) is 5.92 Å². The molecule has 1 saturated carbocycles. The van der Waals surface area contributed by atoms with Crippen LogP contribution >= 0.6 is 0 Å². The zero-order valence-electron chi connectivity index (χ0n) is 16.3. The van der Waals surface area contributed by atoms with Gasteiger partial charge in [0.15, 0.2) is 5.79 Å². The van der Waals surface area contributed by atoms with Crippen molar-refractivity contribution in [2.45, 2.75) is 43.3 Å². The van der Waals surface area contributed by atoms with Gasteiger partial charge >= 0.3 is 6.09 Å². The minimum Gasteiger partial charge on any atom is -0.452 e. The summed E-state index contributed by atoms with van der Waals surface area (Å²) in [5.74, 6) is -0.578. The Kier molecular flexibility index (Phi) is 6.42. The SMILES string of the molecule is COC(=O)N(C/C=C/C1CCCCC12OCCO2)S(=O)(=O)c1ccc(C)cc1. The van der Waals surface area contributed by atoms with Gasteiger partial charge in [-0.2, -0.15) is 4.31 Å². The number of aryl methyl sites for hydroxylation is 1. The van der Waals surface area contributed by atoms with E-state index in [-0.39, 0.29) is 17.4 Å². The van der Waals surface area contributed by atoms with Crippen molar-refractivity contribution in [3.05, 3.63) is 42.0 Å². The molecule has 1 saturated heterocycles. The highest BCUT2D eigenvalue weighted by Gasteiger charge is 2.44. The lowest BCUT2D eigenvalue weighted by molar-refractivity contribution is -0.200. The van der Waals surface area contributed by atoms with Crippen molar-refractivity contribution in [2.75, 3.05) is 26.9 Å². The maximum atomic E-state index is 12.9. The summed E-state index contributed by atoms with van der Waals surface area (Å²) in [6, 6.07) is 6.36. The number of carbonyl (C=O) groups excluding carboxylic acids is 1. The predicted molar refractivity (Wildman–Crippen MR) is 103 cm³/mol. The molecule has 1 heterocycles. The van der Waals surface area contributed by atoms with Gasteiger partial charge in [0.05, 0.1) is 31.8 Å². The molecule has 0 bridgehead atoms. The summed E-state index contributed by atoms with van der Waals surface area (Å²) in [5, 5.41) is 0. The highest BCUT2D eigenvalue weighted by atomic mass is 32.2. The molecular weight excluding hydrogens is 382 g/mol. The lowest BCUT2D eigenvalue weighted by atomic mass is 9.83. The third-order valence-electron chi connectivity index (χ3n) is 5.26. The summed E-state index contributed by atoms with van der Waals surface area (Å²) < 4.78 is 43.0. The first-order valence-electron chi connectivity index (χ1n) is 9.51. The first-order chi connectivity index (χ1) is 13.4. The molecule has 0 radical (unpaired) electrons. The molecule has 154 valence electrons. The number of hydrogen-bond donors (Lipinski definition) is 0. The van der Waals surface area contributed by atoms with Crippen molar-refractivity contribution in [1.29, 1.82) is 0 Å². The molecule has 7 nitrogen and oxygen atoms in total. The minimum absolute atomic E-state index is 0.0327. The van der Waals surface area contributed by atoms with Gasteiger partial charge in [-0.1, -0.05) is 36.3 Å². The summed E-state index contributed by atoms with van der Waals surface area (Å²) >= 11 is 0. The molecule has 0 N–H and O–H groups in total. The zero-order chi connectivity index (χ0) is 20.2. The van der Waals surface area contributed by atoms with E-state index in [0.29, 0.717) is 13.2 Å². The fourth-order valence-electron chi connectivity index (χ4n) is 3.74. The number of rotatable bonds is 5. The van der Waals surface area contributed by atoms with Crippen molar-refractivity contribution in [1.82, 2.24) is 4.31 Å². The predicted octanol–water partition coefficient (Wildman–Crippen LogP) is 3.24. The van der Waals surface area contributed by atoms with Crippen LogP contribution in [0.5, 0.6) is 0 Å². The van der Waals surface area contributed by atoms with Gasteiger partial charge in [-0.25, -0.2) is 13.2 Å². The Labute approximate surface area is 166 Å². The van der Waals surface area contributed by atoms with E-state index in [1.165, 1.54) is 19.2 Å². The van der Waals surface area contributed by atoms with E-state index in [9.17, 15) is 13.2 Å². The van der Waals surface area contributed by atoms with E-state index >= 15 is 0 Å². The van der Waals surface area contributed by atoms with Crippen LogP contribution in [-0.2, 0) is 24.2 Å². The van der Waals surface area contributed by atoms with Crippen LogP contribution < -0.4 is 0 Å². The van der Waals surface area contributed by atoms with E-state index in [1.54, 1.807) is 18.2 Å². The molecule has 2 fully saturated rings. The van der Waals surface area contributed by atoms with Gasteiger partial charge in [-0.15, -0.1) is 0 Å². The van der Waals surface area contributed by atoms with Crippen LogP contribution in [0.1, 0.15) is 31.2 Å². The van der Waals surface area contributed by atoms with Gasteiger partial charge in [0.25, 0.3) is 10.0 Å². The Morgan fingerprint density at radius 1 is 1.25 bits per heavy atom. The Hall–Kier alpha value is -1.90. The van der Waals surface area contributed by atoms with E-state index in [1.807, 2.05) is 13.0 Å². The maximum absolute atomic E-state index is 12.9. The van der Waals surface area contributed by atoms with E-state index in [2.05, 4.69) is 0 Å². The van der Waals surface area contributed by atoms with Gasteiger partial charge in [0.2, 0.25) is 0 Å². The largest absolute Gasteiger partial charge is 0.452 e. The Morgan fingerprint density at radius 2 is 1.93 bits per heavy atom. The molecule has 3 rings (SSSR count). The molecule has 0 aromatic heterocycles. The summed E-state index contributed by atoms with van der Waals surface area (Å²) in [6.45, 7) is 2.89. The van der Waals surface area contributed by atoms with E-state index < -0.39 is 21.9 Å². The van der Waals surface area contributed by atoms with Gasteiger partial charge in [-0.3, -0.25) is 0 Å². The molecule has 1 aliphatic heterocycles. The number of benzene rings is 1. The van der Waals surface area contributed by atoms with Crippen LogP contribution in [0.4, 0.5) is 4.79 Å². The Morgan fingerprint density at radius 3 is 2.57 bits per heavy atom. The van der Waals surface area contributed by atoms with Gasteiger partial charge < -0.3 is 14.2 Å². The van der Waals surface area contributed by atoms with E-state index in [4.69, 9.17) is 14.2 Å². The van der Waals surface area contributed by atoms with Crippen molar-refractivity contribution in [3.63, 3.8) is 0 Å². The summed E-state index contributed by atoms with van der Waals surface area (Å²) in [7, 11) is -2.85. The van der Waals surface area contributed by atoms with Crippen molar-refractivity contribution < 1.29 is 27.4 Å². The summed E-state index contributed by atoms with van der Waals surface area (Å²) in [6.07, 6.45) is 6.50. The molecule has 1 aromatic carbocycles. The van der Waals surface area contributed by atoms with E-state index in [0.717, 1.165) is 35.6 Å². The molecule has 1 aromatic rings. The fraction of sp³-hybridized carbons (Fsp3) is 0.550. The van der Waals surface area contributed by atoms with Crippen molar-refractivity contribution in [3.8, 4) is 0 Å². The van der Waals surface area contributed by atoms with Crippen LogP contribution in [0, 0.1) is 12.8 Å². The molecular formula is C20H27NO6S. The Bertz CT molecular complexity index is 812. The van der Waals surface area contributed by atoms with Gasteiger partial charge in [0.1, 0.15) is 0 Å².